The summed E-state index contributed by atoms with van der Waals surface area (Å²) in [6.45, 7) is 6.67. The maximum absolute atomic E-state index is 10.5. The number of aldehydes is 1. The van der Waals surface area contributed by atoms with Crippen LogP contribution in [0.5, 0.6) is 0 Å². The molecule has 27 nitrogen and oxygen atoms in total. The largest absolute Gasteiger partial charge is 0.394 e. The number of rotatable bonds is 52. The minimum Gasteiger partial charge on any atom is -0.394 e. The highest BCUT2D eigenvalue weighted by atomic mass is 16.6. The monoisotopic (exact) mass is 997 g/mol. The molecule has 1 aromatic rings. The Balaban J connectivity index is 1.88. The molecule has 0 aliphatic carbocycles. The van der Waals surface area contributed by atoms with Crippen LogP contribution in [0.2, 0.25) is 0 Å². The van der Waals surface area contributed by atoms with Crippen molar-refractivity contribution in [1.29, 1.82) is 0 Å². The van der Waals surface area contributed by atoms with Gasteiger partial charge in [-0.2, -0.15) is 0 Å². The summed E-state index contributed by atoms with van der Waals surface area (Å²) in [5.41, 5.74) is 0.648. The Morgan fingerprint density at radius 2 is 0.721 bits per heavy atom. The molecule has 68 heavy (non-hydrogen) atoms. The molecule has 0 amide bonds. The standard InChI is InChI=1S/C41H80N4O23/c46-3-1-45-27-33(42-43-45)32-68-26-25-67-24-23-66-22-21-65-20-19-64-18-17-63-16-15-62-14-13-61-12-11-60-10-9-59-8-7-58-6-5-57-4-2-44(28-34(49)38(53)40(55)36(51)30-47)29-35(50)39(54)41(56)37(52)31-48/h3,27,34-41,47-56H,1-2,4-26,28-32H2/t34-,35-,36+,37+,38+,39+,40+,41+/m0/s1. The van der Waals surface area contributed by atoms with Gasteiger partial charge in [0.2, 0.25) is 0 Å². The molecule has 8 atom stereocenters. The summed E-state index contributed by atoms with van der Waals surface area (Å²) in [6.07, 6.45) is -11.9. The van der Waals surface area contributed by atoms with Crippen molar-refractivity contribution in [1.82, 2.24) is 19.9 Å². The minimum absolute atomic E-state index is 0.0261. The minimum atomic E-state index is -1.88. The number of ether oxygens (including phenoxy) is 12. The highest BCUT2D eigenvalue weighted by Crippen LogP contribution is 2.11. The summed E-state index contributed by atoms with van der Waals surface area (Å²) in [5.74, 6) is 0. The van der Waals surface area contributed by atoms with Crippen LogP contribution in [-0.2, 0) is 74.8 Å². The lowest BCUT2D eigenvalue weighted by Crippen LogP contribution is -2.53. The smallest absolute Gasteiger partial charge is 0.141 e. The quantitative estimate of drug-likeness (QED) is 0.0214. The third kappa shape index (κ3) is 34.3. The highest BCUT2D eigenvalue weighted by Gasteiger charge is 2.34. The fourth-order valence-electron chi connectivity index (χ4n) is 5.49. The first-order chi connectivity index (χ1) is 33.0. The predicted molar refractivity (Wildman–Crippen MR) is 233 cm³/mol. The molecule has 0 aromatic carbocycles. The van der Waals surface area contributed by atoms with E-state index in [4.69, 9.17) is 67.1 Å². The van der Waals surface area contributed by atoms with E-state index in [1.54, 1.807) is 6.20 Å². The molecule has 1 rings (SSSR count). The fourth-order valence-corrected chi connectivity index (χ4v) is 5.49. The zero-order valence-corrected chi connectivity index (χ0v) is 39.1. The lowest BCUT2D eigenvalue weighted by atomic mass is 10.0. The normalized spacial score (nSPS) is 15.6. The second-order valence-corrected chi connectivity index (χ2v) is 14.7. The van der Waals surface area contributed by atoms with Gasteiger partial charge in [0.25, 0.3) is 0 Å². The van der Waals surface area contributed by atoms with E-state index in [0.29, 0.717) is 144 Å². The molecule has 0 aliphatic rings. The number of hydrogen-bond acceptors (Lipinski definition) is 26. The van der Waals surface area contributed by atoms with E-state index < -0.39 is 75.1 Å². The first-order valence-corrected chi connectivity index (χ1v) is 22.7. The van der Waals surface area contributed by atoms with Gasteiger partial charge < -0.3 is 113 Å². The number of aromatic nitrogens is 3. The zero-order valence-electron chi connectivity index (χ0n) is 39.1. The predicted octanol–water partition coefficient (Wildman–Crippen LogP) is -6.65. The van der Waals surface area contributed by atoms with Gasteiger partial charge in [-0.15, -0.1) is 5.10 Å². The van der Waals surface area contributed by atoms with Crippen LogP contribution in [0.25, 0.3) is 0 Å². The number of nitrogens with zero attached hydrogens (tertiary/aromatic N) is 4. The number of hydrogen-bond donors (Lipinski definition) is 10. The summed E-state index contributed by atoms with van der Waals surface area (Å²) in [4.78, 5) is 11.8. The van der Waals surface area contributed by atoms with Gasteiger partial charge >= 0.3 is 0 Å². The molecule has 1 heterocycles. The van der Waals surface area contributed by atoms with Gasteiger partial charge in [0.1, 0.15) is 48.6 Å². The molecule has 27 heteroatoms. The van der Waals surface area contributed by atoms with Crippen molar-refractivity contribution in [3.05, 3.63) is 11.9 Å². The lowest BCUT2D eigenvalue weighted by molar-refractivity contribution is -0.131. The van der Waals surface area contributed by atoms with E-state index in [2.05, 4.69) is 10.3 Å². The van der Waals surface area contributed by atoms with Gasteiger partial charge in [0, 0.05) is 19.6 Å². The average Bonchev–Trinajstić information content (AvgIpc) is 3.80. The first-order valence-electron chi connectivity index (χ1n) is 22.7. The van der Waals surface area contributed by atoms with Crippen molar-refractivity contribution in [3.63, 3.8) is 0 Å². The maximum atomic E-state index is 10.5. The van der Waals surface area contributed by atoms with Crippen molar-refractivity contribution in [2.45, 2.75) is 62.0 Å². The average molecular weight is 997 g/mol. The summed E-state index contributed by atoms with van der Waals surface area (Å²) in [5, 5.41) is 106. The lowest BCUT2D eigenvalue weighted by Gasteiger charge is -2.33. The van der Waals surface area contributed by atoms with Gasteiger partial charge in [0.15, 0.2) is 0 Å². The van der Waals surface area contributed by atoms with Crippen LogP contribution in [0, 0.1) is 0 Å². The Bertz CT molecular complexity index is 1220. The van der Waals surface area contributed by atoms with Crippen LogP contribution < -0.4 is 0 Å². The third-order valence-electron chi connectivity index (χ3n) is 9.28. The highest BCUT2D eigenvalue weighted by molar-refractivity contribution is 5.48. The van der Waals surface area contributed by atoms with Crippen molar-refractivity contribution < 1.29 is 113 Å². The molecule has 10 N–H and O–H groups in total. The van der Waals surface area contributed by atoms with Crippen LogP contribution in [0.3, 0.4) is 0 Å². The molecule has 0 saturated heterocycles. The van der Waals surface area contributed by atoms with Crippen LogP contribution in [0.1, 0.15) is 5.69 Å². The maximum Gasteiger partial charge on any atom is 0.141 e. The Kier molecular flexibility index (Phi) is 42.1. The number of aliphatic hydroxyl groups excluding tert-OH is 10. The Labute approximate surface area is 397 Å². The Morgan fingerprint density at radius 1 is 0.441 bits per heavy atom. The van der Waals surface area contributed by atoms with E-state index in [9.17, 15) is 45.6 Å². The second-order valence-electron chi connectivity index (χ2n) is 14.7. The summed E-state index contributed by atoms with van der Waals surface area (Å²) in [7, 11) is 0. The molecule has 1 aromatic heterocycles. The third-order valence-corrected chi connectivity index (χ3v) is 9.28. The molecule has 0 spiro atoms. The van der Waals surface area contributed by atoms with Gasteiger partial charge in [-0.05, 0) is 0 Å². The Morgan fingerprint density at radius 3 is 1.01 bits per heavy atom. The molecule has 0 unspecified atom stereocenters. The number of aliphatic hydroxyl groups is 10. The molecular formula is C41H80N4O23. The van der Waals surface area contributed by atoms with E-state index in [-0.39, 0.29) is 32.9 Å². The van der Waals surface area contributed by atoms with Gasteiger partial charge in [-0.1, -0.05) is 5.21 Å². The fraction of sp³-hybridized carbons (Fsp3) is 0.927. The van der Waals surface area contributed by atoms with E-state index in [1.165, 1.54) is 9.58 Å². The molecule has 0 radical (unpaired) electrons. The van der Waals surface area contributed by atoms with Gasteiger partial charge in [0.05, 0.1) is 197 Å². The summed E-state index contributed by atoms with van der Waals surface area (Å²) < 4.78 is 67.1. The van der Waals surface area contributed by atoms with Crippen molar-refractivity contribution in [2.24, 2.45) is 0 Å². The van der Waals surface area contributed by atoms with Crippen LogP contribution in [0.4, 0.5) is 0 Å². The van der Waals surface area contributed by atoms with E-state index >= 15 is 0 Å². The second kappa shape index (κ2) is 44.8. The zero-order chi connectivity index (χ0) is 49.9. The van der Waals surface area contributed by atoms with Gasteiger partial charge in [-0.25, -0.2) is 4.68 Å². The summed E-state index contributed by atoms with van der Waals surface area (Å²) >= 11 is 0. The number of carbonyl (C=O) groups is 1. The summed E-state index contributed by atoms with van der Waals surface area (Å²) in [6, 6.07) is 0. The van der Waals surface area contributed by atoms with Gasteiger partial charge in [-0.3, -0.25) is 4.90 Å². The molecule has 402 valence electrons. The van der Waals surface area contributed by atoms with Crippen molar-refractivity contribution in [2.75, 3.05) is 185 Å². The van der Waals surface area contributed by atoms with Crippen LogP contribution >= 0.6 is 0 Å². The number of carbonyl (C=O) groups excluding carboxylic acids is 1. The molecule has 0 saturated carbocycles. The Hall–Kier alpha value is -2.11. The molecular weight excluding hydrogens is 916 g/mol. The van der Waals surface area contributed by atoms with Crippen molar-refractivity contribution >= 4 is 6.29 Å². The van der Waals surface area contributed by atoms with Crippen molar-refractivity contribution in [3.8, 4) is 0 Å². The SMILES string of the molecule is O=CCn1cc(COCCOCCOCCOCCOCCOCCOCCOCCOCCOCCOCCOCCN(C[C@H](O)[C@@H](O)[C@H](O)[C@H](O)CO)C[C@H](O)[C@@H](O)[C@H](O)[C@H](O)CO)nn1. The molecule has 0 fully saturated rings. The van der Waals surface area contributed by atoms with Crippen LogP contribution in [-0.4, -0.2) is 311 Å². The molecule has 0 bridgehead atoms. The van der Waals surface area contributed by atoms with E-state index in [1.807, 2.05) is 0 Å². The molecule has 0 aliphatic heterocycles. The topological polar surface area (TPSA) is 364 Å². The first kappa shape index (κ1) is 63.9. The van der Waals surface area contributed by atoms with E-state index in [0.717, 1.165) is 6.29 Å². The van der Waals surface area contributed by atoms with Crippen LogP contribution in [0.15, 0.2) is 6.20 Å².